The molecule has 0 aliphatic heterocycles. The van der Waals surface area contributed by atoms with Gasteiger partial charge in [0.1, 0.15) is 12.4 Å². The van der Waals surface area contributed by atoms with E-state index in [1.54, 1.807) is 42.5 Å². The lowest BCUT2D eigenvalue weighted by atomic mass is 10.2. The van der Waals surface area contributed by atoms with Crippen molar-refractivity contribution in [2.45, 2.75) is 20.0 Å². The van der Waals surface area contributed by atoms with E-state index in [1.165, 1.54) is 13.3 Å². The quantitative estimate of drug-likeness (QED) is 0.276. The second-order valence-electron chi connectivity index (χ2n) is 6.99. The van der Waals surface area contributed by atoms with Crippen LogP contribution in [0.1, 0.15) is 34.8 Å². The van der Waals surface area contributed by atoms with Gasteiger partial charge in [0.15, 0.2) is 11.5 Å². The third-order valence-corrected chi connectivity index (χ3v) is 5.20. The van der Waals surface area contributed by atoms with E-state index in [4.69, 9.17) is 37.4 Å². The van der Waals surface area contributed by atoms with Gasteiger partial charge in [0.25, 0.3) is 5.91 Å². The summed E-state index contributed by atoms with van der Waals surface area (Å²) in [5.41, 5.74) is 4.42. The molecule has 33 heavy (non-hydrogen) atoms. The summed E-state index contributed by atoms with van der Waals surface area (Å²) < 4.78 is 16.8. The molecule has 172 valence electrons. The molecular formula is C25H24Cl2N2O4. The molecule has 0 aliphatic rings. The van der Waals surface area contributed by atoms with Crippen LogP contribution in [0.15, 0.2) is 65.8 Å². The highest BCUT2D eigenvalue weighted by Crippen LogP contribution is 2.37. The van der Waals surface area contributed by atoms with Gasteiger partial charge in [-0.1, -0.05) is 48.3 Å². The van der Waals surface area contributed by atoms with E-state index in [0.29, 0.717) is 39.3 Å². The van der Waals surface area contributed by atoms with Gasteiger partial charge in [-0.15, -0.1) is 0 Å². The predicted octanol–water partition coefficient (Wildman–Crippen LogP) is 6.13. The van der Waals surface area contributed by atoms with Crippen LogP contribution in [0.25, 0.3) is 0 Å². The molecule has 8 heteroatoms. The Kier molecular flexibility index (Phi) is 8.98. The lowest BCUT2D eigenvalue weighted by Crippen LogP contribution is -2.17. The number of nitrogens with one attached hydrogen (secondary N) is 1. The molecule has 3 rings (SSSR count). The maximum atomic E-state index is 12.3. The van der Waals surface area contributed by atoms with Crippen LogP contribution in [0, 0.1) is 0 Å². The van der Waals surface area contributed by atoms with Gasteiger partial charge in [-0.3, -0.25) is 4.79 Å². The van der Waals surface area contributed by atoms with Crippen LogP contribution >= 0.6 is 23.2 Å². The number of hydrazone groups is 1. The van der Waals surface area contributed by atoms with Crippen molar-refractivity contribution in [1.29, 1.82) is 0 Å². The smallest absolute Gasteiger partial charge is 0.271 e. The van der Waals surface area contributed by atoms with Gasteiger partial charge in [-0.25, -0.2) is 5.43 Å². The standard InChI is InChI=1S/C25H24Cl2N2O4/c1-3-12-32-20-10-8-18(9-11-20)25(30)29-28-15-17-13-22(27)24(23(14-17)31-2)33-16-19-6-4-5-7-21(19)26/h4-11,13-15H,3,12,16H2,1-2H3,(H,29,30)/b28-15+. The van der Waals surface area contributed by atoms with E-state index in [9.17, 15) is 4.79 Å². The molecule has 0 unspecified atom stereocenters. The molecule has 0 aliphatic carbocycles. The molecule has 0 saturated carbocycles. The van der Waals surface area contributed by atoms with E-state index in [1.807, 2.05) is 25.1 Å². The summed E-state index contributed by atoms with van der Waals surface area (Å²) in [5, 5.41) is 4.96. The molecule has 0 atom stereocenters. The summed E-state index contributed by atoms with van der Waals surface area (Å²) in [7, 11) is 1.52. The van der Waals surface area contributed by atoms with Crippen LogP contribution in [-0.4, -0.2) is 25.8 Å². The molecule has 6 nitrogen and oxygen atoms in total. The largest absolute Gasteiger partial charge is 0.494 e. The Balaban J connectivity index is 1.64. The molecule has 3 aromatic carbocycles. The zero-order chi connectivity index (χ0) is 23.6. The number of ether oxygens (including phenoxy) is 3. The van der Waals surface area contributed by atoms with Crippen LogP contribution in [0.2, 0.25) is 10.0 Å². The van der Waals surface area contributed by atoms with E-state index in [0.717, 1.165) is 17.7 Å². The van der Waals surface area contributed by atoms with Crippen molar-refractivity contribution in [3.8, 4) is 17.2 Å². The lowest BCUT2D eigenvalue weighted by Gasteiger charge is -2.14. The normalized spacial score (nSPS) is 10.8. The van der Waals surface area contributed by atoms with Crippen LogP contribution in [0.5, 0.6) is 17.2 Å². The zero-order valence-electron chi connectivity index (χ0n) is 18.3. The first kappa shape index (κ1) is 24.4. The molecule has 0 radical (unpaired) electrons. The number of hydrogen-bond donors (Lipinski definition) is 1. The van der Waals surface area contributed by atoms with Gasteiger partial charge in [0.05, 0.1) is 25.0 Å². The molecule has 1 N–H and O–H groups in total. The monoisotopic (exact) mass is 486 g/mol. The first-order chi connectivity index (χ1) is 16.0. The van der Waals surface area contributed by atoms with Gasteiger partial charge in [-0.2, -0.15) is 5.10 Å². The van der Waals surface area contributed by atoms with Crippen molar-refractivity contribution in [1.82, 2.24) is 5.43 Å². The Morgan fingerprint density at radius 2 is 1.79 bits per heavy atom. The molecule has 0 spiro atoms. The summed E-state index contributed by atoms with van der Waals surface area (Å²) >= 11 is 12.6. The number of methoxy groups -OCH3 is 1. The Morgan fingerprint density at radius 3 is 2.48 bits per heavy atom. The first-order valence-electron chi connectivity index (χ1n) is 10.3. The fourth-order valence-electron chi connectivity index (χ4n) is 2.87. The number of halogens is 2. The molecule has 0 bridgehead atoms. The summed E-state index contributed by atoms with van der Waals surface area (Å²) in [6.45, 7) is 2.90. The van der Waals surface area contributed by atoms with E-state index >= 15 is 0 Å². The van der Waals surface area contributed by atoms with E-state index in [-0.39, 0.29) is 12.5 Å². The Morgan fingerprint density at radius 1 is 1.03 bits per heavy atom. The minimum absolute atomic E-state index is 0.238. The zero-order valence-corrected chi connectivity index (χ0v) is 19.8. The average molecular weight is 487 g/mol. The Labute approximate surface area is 203 Å². The number of rotatable bonds is 10. The maximum Gasteiger partial charge on any atom is 0.271 e. The summed E-state index contributed by atoms with van der Waals surface area (Å²) in [6, 6.07) is 17.6. The number of carbonyl (C=O) groups is 1. The van der Waals surface area contributed by atoms with Crippen LogP contribution in [-0.2, 0) is 6.61 Å². The molecule has 0 heterocycles. The number of carbonyl (C=O) groups excluding carboxylic acids is 1. The number of nitrogens with zero attached hydrogens (tertiary/aromatic N) is 1. The molecule has 1 amide bonds. The molecule has 0 aromatic heterocycles. The van der Waals surface area contributed by atoms with E-state index in [2.05, 4.69) is 10.5 Å². The van der Waals surface area contributed by atoms with Gasteiger partial charge in [-0.05, 0) is 54.4 Å². The highest BCUT2D eigenvalue weighted by atomic mass is 35.5. The second kappa shape index (κ2) is 12.1. The Hall–Kier alpha value is -3.22. The van der Waals surface area contributed by atoms with Crippen molar-refractivity contribution in [2.75, 3.05) is 13.7 Å². The molecule has 3 aromatic rings. The lowest BCUT2D eigenvalue weighted by molar-refractivity contribution is 0.0955. The third-order valence-electron chi connectivity index (χ3n) is 4.55. The third kappa shape index (κ3) is 6.88. The molecular weight excluding hydrogens is 463 g/mol. The summed E-state index contributed by atoms with van der Waals surface area (Å²) in [6.07, 6.45) is 2.39. The van der Waals surface area contributed by atoms with Gasteiger partial charge >= 0.3 is 0 Å². The van der Waals surface area contributed by atoms with Crippen molar-refractivity contribution >= 4 is 35.3 Å². The first-order valence-corrected chi connectivity index (χ1v) is 11.1. The maximum absolute atomic E-state index is 12.3. The predicted molar refractivity (Wildman–Crippen MR) is 131 cm³/mol. The average Bonchev–Trinajstić information content (AvgIpc) is 2.83. The molecule has 0 fully saturated rings. The van der Waals surface area contributed by atoms with Crippen molar-refractivity contribution < 1.29 is 19.0 Å². The number of amides is 1. The van der Waals surface area contributed by atoms with Gasteiger partial charge in [0, 0.05) is 16.1 Å². The summed E-state index contributed by atoms with van der Waals surface area (Å²) in [5.74, 6) is 1.21. The van der Waals surface area contributed by atoms with Crippen molar-refractivity contribution in [2.24, 2.45) is 5.10 Å². The van der Waals surface area contributed by atoms with Crippen molar-refractivity contribution in [3.63, 3.8) is 0 Å². The minimum atomic E-state index is -0.342. The second-order valence-corrected chi connectivity index (χ2v) is 7.80. The minimum Gasteiger partial charge on any atom is -0.494 e. The summed E-state index contributed by atoms with van der Waals surface area (Å²) in [4.78, 5) is 12.3. The number of benzene rings is 3. The van der Waals surface area contributed by atoms with Crippen LogP contribution < -0.4 is 19.6 Å². The number of hydrogen-bond acceptors (Lipinski definition) is 5. The van der Waals surface area contributed by atoms with Crippen LogP contribution in [0.3, 0.4) is 0 Å². The fourth-order valence-corrected chi connectivity index (χ4v) is 3.34. The highest BCUT2D eigenvalue weighted by Gasteiger charge is 2.13. The van der Waals surface area contributed by atoms with Crippen LogP contribution in [0.4, 0.5) is 0 Å². The van der Waals surface area contributed by atoms with Gasteiger partial charge in [0.2, 0.25) is 0 Å². The SMILES string of the molecule is CCCOc1ccc(C(=O)N/N=C/c2cc(Cl)c(OCc3ccccc3Cl)c(OC)c2)cc1. The Bertz CT molecular complexity index is 1120. The van der Waals surface area contributed by atoms with Crippen molar-refractivity contribution in [3.05, 3.63) is 87.4 Å². The van der Waals surface area contributed by atoms with Gasteiger partial charge < -0.3 is 14.2 Å². The fraction of sp³-hybridized carbons (Fsp3) is 0.200. The molecule has 0 saturated heterocycles. The topological polar surface area (TPSA) is 69.2 Å². The van der Waals surface area contributed by atoms with E-state index < -0.39 is 0 Å². The highest BCUT2D eigenvalue weighted by molar-refractivity contribution is 6.32.